The average Bonchev–Trinajstić information content (AvgIpc) is 2.86. The summed E-state index contributed by atoms with van der Waals surface area (Å²) >= 11 is 0. The molecule has 1 aliphatic rings. The third-order valence-corrected chi connectivity index (χ3v) is 6.67. The Hall–Kier alpha value is -3.45. The Labute approximate surface area is 222 Å². The number of fused-ring (bicyclic) bond motifs is 1. The lowest BCUT2D eigenvalue weighted by atomic mass is 9.73. The van der Waals surface area contributed by atoms with Gasteiger partial charge in [0.25, 0.3) is 0 Å². The maximum Gasteiger partial charge on any atom is 0.416 e. The summed E-state index contributed by atoms with van der Waals surface area (Å²) in [5.74, 6) is -4.54. The zero-order valence-corrected chi connectivity index (χ0v) is 21.3. The number of carbonyl (C=O) groups excluding carboxylic acids is 2. The van der Waals surface area contributed by atoms with Gasteiger partial charge in [-0.05, 0) is 67.3 Å². The smallest absolute Gasteiger partial charge is 0.416 e. The number of anilines is 1. The van der Waals surface area contributed by atoms with Crippen LogP contribution < -0.4 is 4.90 Å². The van der Waals surface area contributed by atoms with Crippen LogP contribution in [0.5, 0.6) is 0 Å². The number of nitrogens with zero attached hydrogens (tertiary/aromatic N) is 1. The van der Waals surface area contributed by atoms with Gasteiger partial charge in [-0.2, -0.15) is 39.5 Å². The summed E-state index contributed by atoms with van der Waals surface area (Å²) in [6.45, 7) is 3.03. The quantitative estimate of drug-likeness (QED) is 0.264. The number of rotatable bonds is 5. The van der Waals surface area contributed by atoms with E-state index in [1.807, 2.05) is 0 Å². The van der Waals surface area contributed by atoms with Crippen molar-refractivity contribution in [2.24, 2.45) is 0 Å². The lowest BCUT2D eigenvalue weighted by Crippen LogP contribution is -2.46. The van der Waals surface area contributed by atoms with Crippen LogP contribution in [0.3, 0.4) is 0 Å². The lowest BCUT2D eigenvalue weighted by Gasteiger charge is -2.42. The van der Waals surface area contributed by atoms with Gasteiger partial charge in [-0.15, -0.1) is 0 Å². The van der Waals surface area contributed by atoms with E-state index in [9.17, 15) is 49.1 Å². The number of hydrogen-bond acceptors (Lipinski definition) is 4. The highest BCUT2D eigenvalue weighted by atomic mass is 19.4. The first-order valence-corrected chi connectivity index (χ1v) is 12.0. The maximum absolute atomic E-state index is 13.7. The summed E-state index contributed by atoms with van der Waals surface area (Å²) in [6, 6.07) is 2.03. The largest absolute Gasteiger partial charge is 0.469 e. The Bertz CT molecular complexity index is 1220. The number of alkyl halides is 9. The van der Waals surface area contributed by atoms with Crippen LogP contribution in [0.1, 0.15) is 66.3 Å². The molecule has 14 heteroatoms. The molecule has 2 aromatic rings. The number of amides is 1. The minimum Gasteiger partial charge on any atom is -0.469 e. The Balaban J connectivity index is 2.36. The molecule has 0 saturated heterocycles. The number of ether oxygens (including phenoxy) is 2. The Morgan fingerprint density at radius 3 is 1.88 bits per heavy atom. The molecule has 0 aromatic heterocycles. The van der Waals surface area contributed by atoms with Crippen LogP contribution in [0.4, 0.5) is 50.0 Å². The van der Waals surface area contributed by atoms with E-state index in [-0.39, 0.29) is 36.8 Å². The highest BCUT2D eigenvalue weighted by Gasteiger charge is 2.46. The van der Waals surface area contributed by atoms with Crippen molar-refractivity contribution in [3.8, 4) is 0 Å². The first kappa shape index (κ1) is 31.1. The number of esters is 1. The summed E-state index contributed by atoms with van der Waals surface area (Å²) < 4.78 is 132. The Morgan fingerprint density at radius 1 is 0.875 bits per heavy atom. The van der Waals surface area contributed by atoms with Crippen LogP contribution in [-0.4, -0.2) is 31.8 Å². The predicted molar refractivity (Wildman–Crippen MR) is 124 cm³/mol. The second kappa shape index (κ2) is 11.2. The zero-order valence-electron chi connectivity index (χ0n) is 21.3. The topological polar surface area (TPSA) is 55.8 Å². The van der Waals surface area contributed by atoms with Crippen molar-refractivity contribution in [1.82, 2.24) is 0 Å². The molecule has 0 bridgehead atoms. The Kier molecular flexibility index (Phi) is 8.70. The first-order chi connectivity index (χ1) is 18.4. The van der Waals surface area contributed by atoms with Crippen molar-refractivity contribution in [2.75, 3.05) is 18.6 Å². The van der Waals surface area contributed by atoms with Crippen LogP contribution >= 0.6 is 0 Å². The summed E-state index contributed by atoms with van der Waals surface area (Å²) in [5.41, 5.74) is -5.75. The van der Waals surface area contributed by atoms with Crippen molar-refractivity contribution in [3.63, 3.8) is 0 Å². The van der Waals surface area contributed by atoms with Gasteiger partial charge >= 0.3 is 30.6 Å². The van der Waals surface area contributed by atoms with Crippen LogP contribution in [0.25, 0.3) is 0 Å². The molecule has 220 valence electrons. The minimum atomic E-state index is -5.24. The fourth-order valence-corrected chi connectivity index (χ4v) is 4.89. The third-order valence-electron chi connectivity index (χ3n) is 6.67. The molecule has 3 atom stereocenters. The predicted octanol–water partition coefficient (Wildman–Crippen LogP) is 7.93. The van der Waals surface area contributed by atoms with Gasteiger partial charge in [0.2, 0.25) is 0 Å². The molecule has 0 radical (unpaired) electrons. The van der Waals surface area contributed by atoms with Gasteiger partial charge in [-0.25, -0.2) is 4.79 Å². The average molecular weight is 585 g/mol. The van der Waals surface area contributed by atoms with E-state index in [2.05, 4.69) is 0 Å². The molecule has 40 heavy (non-hydrogen) atoms. The SMILES string of the molecule is CCOC(=O)N1c2ccc(C(F)(F)F)cc2[C@@H]([C@H](C(=O)OC)c2cc(C(F)(F)F)cc(C(F)(F)F)c2)C[C@H]1CC. The highest BCUT2D eigenvalue weighted by Crippen LogP contribution is 2.50. The van der Waals surface area contributed by atoms with E-state index in [1.54, 1.807) is 6.92 Å². The number of carbonyl (C=O) groups is 2. The molecule has 1 heterocycles. The molecule has 0 saturated carbocycles. The van der Waals surface area contributed by atoms with E-state index < -0.39 is 70.7 Å². The zero-order chi connectivity index (χ0) is 30.2. The summed E-state index contributed by atoms with van der Waals surface area (Å²) in [6.07, 6.45) is -16.4. The van der Waals surface area contributed by atoms with Gasteiger partial charge in [0.1, 0.15) is 0 Å². The second-order valence-corrected chi connectivity index (χ2v) is 9.08. The molecule has 1 amide bonds. The van der Waals surface area contributed by atoms with Crippen LogP contribution in [0.2, 0.25) is 0 Å². The molecule has 0 spiro atoms. The van der Waals surface area contributed by atoms with Crippen molar-refractivity contribution >= 4 is 17.7 Å². The van der Waals surface area contributed by atoms with E-state index >= 15 is 0 Å². The van der Waals surface area contributed by atoms with Crippen LogP contribution in [-0.2, 0) is 32.8 Å². The molecule has 5 nitrogen and oxygen atoms in total. The van der Waals surface area contributed by atoms with Gasteiger partial charge < -0.3 is 9.47 Å². The number of halogens is 9. The number of methoxy groups -OCH3 is 1. The molecule has 0 unspecified atom stereocenters. The lowest BCUT2D eigenvalue weighted by molar-refractivity contribution is -0.146. The normalized spacial score (nSPS) is 18.6. The summed E-state index contributed by atoms with van der Waals surface area (Å²) in [5, 5.41) is 0. The molecule has 1 aliphatic heterocycles. The van der Waals surface area contributed by atoms with Gasteiger partial charge in [0.15, 0.2) is 0 Å². The van der Waals surface area contributed by atoms with Gasteiger partial charge in [-0.1, -0.05) is 6.92 Å². The van der Waals surface area contributed by atoms with Gasteiger partial charge in [-0.3, -0.25) is 9.69 Å². The molecule has 0 N–H and O–H groups in total. The van der Waals surface area contributed by atoms with Crippen molar-refractivity contribution in [2.45, 2.75) is 63.1 Å². The summed E-state index contributed by atoms with van der Waals surface area (Å²) in [7, 11) is 0.853. The monoisotopic (exact) mass is 585 g/mol. The highest BCUT2D eigenvalue weighted by molar-refractivity contribution is 5.91. The van der Waals surface area contributed by atoms with Gasteiger partial charge in [0, 0.05) is 12.0 Å². The Morgan fingerprint density at radius 2 is 1.43 bits per heavy atom. The fourth-order valence-electron chi connectivity index (χ4n) is 4.89. The van der Waals surface area contributed by atoms with E-state index in [0.717, 1.165) is 18.1 Å². The van der Waals surface area contributed by atoms with Crippen LogP contribution in [0.15, 0.2) is 36.4 Å². The fraction of sp³-hybridized carbons (Fsp3) is 0.462. The first-order valence-electron chi connectivity index (χ1n) is 12.0. The van der Waals surface area contributed by atoms with Crippen molar-refractivity contribution < 1.29 is 58.6 Å². The molecule has 2 aromatic carbocycles. The molecule has 0 fully saturated rings. The van der Waals surface area contributed by atoms with Gasteiger partial charge in [0.05, 0.1) is 42.0 Å². The molecule has 3 rings (SSSR count). The second-order valence-electron chi connectivity index (χ2n) is 9.08. The molecular weight excluding hydrogens is 561 g/mol. The molecule has 0 aliphatic carbocycles. The van der Waals surface area contributed by atoms with E-state index in [0.29, 0.717) is 24.3 Å². The molecular formula is C26H24F9NO4. The van der Waals surface area contributed by atoms with Crippen LogP contribution in [0, 0.1) is 0 Å². The van der Waals surface area contributed by atoms with E-state index in [4.69, 9.17) is 9.47 Å². The summed E-state index contributed by atoms with van der Waals surface area (Å²) in [4.78, 5) is 26.9. The van der Waals surface area contributed by atoms with Crippen molar-refractivity contribution in [1.29, 1.82) is 0 Å². The standard InChI is InChI=1S/C26H24F9NO4/c1-4-17-12-19(18-11-14(24(27,28)29)6-7-20(18)36(17)23(38)40-5-2)21(22(37)39-3)13-8-15(25(30,31)32)10-16(9-13)26(33,34)35/h6-11,17,19,21H,4-5,12H2,1-3H3/t17-,19+,21-/m1/s1. The van der Waals surface area contributed by atoms with E-state index in [1.165, 1.54) is 6.92 Å². The third kappa shape index (κ3) is 6.30. The maximum atomic E-state index is 13.7. The number of benzene rings is 2. The number of hydrogen-bond donors (Lipinski definition) is 0. The minimum absolute atomic E-state index is 0.0829. The van der Waals surface area contributed by atoms with Crippen molar-refractivity contribution in [3.05, 3.63) is 64.2 Å².